The highest BCUT2D eigenvalue weighted by Gasteiger charge is 2.18. The summed E-state index contributed by atoms with van der Waals surface area (Å²) >= 11 is 0. The first kappa shape index (κ1) is 77.0. The van der Waals surface area contributed by atoms with Crippen LogP contribution in [-0.2, 0) is 4.79 Å². The van der Waals surface area contributed by atoms with Gasteiger partial charge in [-0.15, -0.1) is 0 Å². The fraction of sp³-hybridized carbons (Fsp3) is 0.750. The van der Waals surface area contributed by atoms with Crippen LogP contribution in [0.4, 0.5) is 0 Å². The molecule has 0 rings (SSSR count). The summed E-state index contributed by atoms with van der Waals surface area (Å²) in [6, 6.07) is -0.653. The van der Waals surface area contributed by atoms with E-state index in [0.717, 1.165) is 77.0 Å². The standard InChI is InChI=1S/C76H135NO3/c1-3-5-7-9-11-13-15-17-19-21-23-25-27-29-31-33-35-37-38-40-42-44-46-48-50-52-54-56-58-60-62-64-66-68-70-72-76(80)77-74(73-78)75(79)71-69-67-65-63-61-59-57-55-53-51-49-47-45-43-41-39-36-34-32-30-28-26-24-22-20-18-16-14-12-10-8-6-4-2/h5,7,11,13,17,19,23,25,29,31,35,37,53,55,61,63,69,71,74-75,78-79H,3-4,6,8-10,12,14-16,18,20-22,24,26-28,30,32-34,36,38-52,54,56-60,62,64-68,70,72-73H2,1-2H3,(H,77,80)/b7-5-,13-11-,19-17-,25-23-,31-29-,37-35-,55-53+,63-61+,71-69+. The lowest BCUT2D eigenvalue weighted by Gasteiger charge is -2.19. The van der Waals surface area contributed by atoms with E-state index in [9.17, 15) is 15.0 Å². The molecule has 1 amide bonds. The Bertz CT molecular complexity index is 1490. The van der Waals surface area contributed by atoms with E-state index in [0.29, 0.717) is 6.42 Å². The molecule has 0 saturated heterocycles. The molecule has 0 bridgehead atoms. The van der Waals surface area contributed by atoms with Crippen molar-refractivity contribution < 1.29 is 15.0 Å². The molecule has 0 aromatic heterocycles. The molecule has 3 N–H and O–H groups in total. The predicted molar refractivity (Wildman–Crippen MR) is 359 cm³/mol. The molecule has 0 fully saturated rings. The van der Waals surface area contributed by atoms with Crippen molar-refractivity contribution in [2.75, 3.05) is 6.61 Å². The van der Waals surface area contributed by atoms with Crippen molar-refractivity contribution >= 4 is 5.91 Å². The number of nitrogens with one attached hydrogen (secondary N) is 1. The van der Waals surface area contributed by atoms with E-state index >= 15 is 0 Å². The van der Waals surface area contributed by atoms with Crippen LogP contribution in [0.5, 0.6) is 0 Å². The third-order valence-corrected chi connectivity index (χ3v) is 15.7. The maximum absolute atomic E-state index is 12.5. The van der Waals surface area contributed by atoms with Gasteiger partial charge in [-0.25, -0.2) is 0 Å². The lowest BCUT2D eigenvalue weighted by molar-refractivity contribution is -0.123. The normalized spacial score (nSPS) is 13.4. The number of aliphatic hydroxyl groups is 2. The van der Waals surface area contributed by atoms with Crippen molar-refractivity contribution in [2.24, 2.45) is 0 Å². The summed E-state index contributed by atoms with van der Waals surface area (Å²) < 4.78 is 0. The highest BCUT2D eigenvalue weighted by atomic mass is 16.3. The monoisotopic (exact) mass is 1110 g/mol. The summed E-state index contributed by atoms with van der Waals surface area (Å²) in [5.41, 5.74) is 0. The molecular weight excluding hydrogens is 975 g/mol. The van der Waals surface area contributed by atoms with Gasteiger partial charge < -0.3 is 15.5 Å². The fourth-order valence-electron chi connectivity index (χ4n) is 10.5. The third-order valence-electron chi connectivity index (χ3n) is 15.7. The zero-order valence-corrected chi connectivity index (χ0v) is 53.3. The quantitative estimate of drug-likeness (QED) is 0.0420. The van der Waals surface area contributed by atoms with Crippen molar-refractivity contribution in [2.45, 2.75) is 360 Å². The van der Waals surface area contributed by atoms with Crippen molar-refractivity contribution in [1.29, 1.82) is 0 Å². The number of carbonyl (C=O) groups excluding carboxylic acids is 1. The molecule has 0 saturated carbocycles. The topological polar surface area (TPSA) is 69.6 Å². The second kappa shape index (κ2) is 70.3. The van der Waals surface area contributed by atoms with Crippen LogP contribution >= 0.6 is 0 Å². The minimum Gasteiger partial charge on any atom is -0.394 e. The van der Waals surface area contributed by atoms with Crippen LogP contribution in [0, 0.1) is 0 Å². The third kappa shape index (κ3) is 65.9. The van der Waals surface area contributed by atoms with Crippen LogP contribution in [-0.4, -0.2) is 34.9 Å². The maximum Gasteiger partial charge on any atom is 0.220 e. The van der Waals surface area contributed by atoms with E-state index in [2.05, 4.69) is 116 Å². The van der Waals surface area contributed by atoms with Crippen LogP contribution in [0.3, 0.4) is 0 Å². The molecule has 0 spiro atoms. The second-order valence-electron chi connectivity index (χ2n) is 23.6. The van der Waals surface area contributed by atoms with Gasteiger partial charge in [-0.1, -0.05) is 354 Å². The van der Waals surface area contributed by atoms with Gasteiger partial charge in [0.15, 0.2) is 0 Å². The average Bonchev–Trinajstić information content (AvgIpc) is 3.46. The summed E-state index contributed by atoms with van der Waals surface area (Å²) in [4.78, 5) is 12.5. The van der Waals surface area contributed by atoms with Crippen LogP contribution in [0.2, 0.25) is 0 Å². The van der Waals surface area contributed by atoms with Gasteiger partial charge in [0.2, 0.25) is 5.91 Å². The van der Waals surface area contributed by atoms with Gasteiger partial charge in [-0.3, -0.25) is 4.79 Å². The Morgan fingerprint density at radius 2 is 0.562 bits per heavy atom. The molecule has 0 radical (unpaired) electrons. The largest absolute Gasteiger partial charge is 0.394 e. The van der Waals surface area contributed by atoms with Crippen molar-refractivity contribution in [3.05, 3.63) is 109 Å². The number of amides is 1. The van der Waals surface area contributed by atoms with E-state index in [1.807, 2.05) is 6.08 Å². The Labute approximate surface area is 499 Å². The highest BCUT2D eigenvalue weighted by Crippen LogP contribution is 2.18. The summed E-state index contributed by atoms with van der Waals surface area (Å²) in [5, 5.41) is 23.3. The van der Waals surface area contributed by atoms with Crippen molar-refractivity contribution in [1.82, 2.24) is 5.32 Å². The number of allylic oxidation sites excluding steroid dienone is 17. The van der Waals surface area contributed by atoms with Gasteiger partial charge in [0, 0.05) is 6.42 Å². The number of hydrogen-bond donors (Lipinski definition) is 3. The van der Waals surface area contributed by atoms with Gasteiger partial charge in [0.25, 0.3) is 0 Å². The molecular formula is C76H135NO3. The molecule has 0 aromatic rings. The predicted octanol–water partition coefficient (Wildman–Crippen LogP) is 24.2. The first-order chi connectivity index (χ1) is 39.7. The van der Waals surface area contributed by atoms with Crippen molar-refractivity contribution in [3.63, 3.8) is 0 Å². The minimum atomic E-state index is -0.878. The van der Waals surface area contributed by atoms with E-state index < -0.39 is 12.1 Å². The van der Waals surface area contributed by atoms with Crippen LogP contribution < -0.4 is 5.32 Å². The smallest absolute Gasteiger partial charge is 0.220 e. The first-order valence-electron chi connectivity index (χ1n) is 35.1. The van der Waals surface area contributed by atoms with Crippen LogP contribution in [0.25, 0.3) is 0 Å². The Hall–Kier alpha value is -2.95. The molecule has 0 heterocycles. The highest BCUT2D eigenvalue weighted by molar-refractivity contribution is 5.76. The van der Waals surface area contributed by atoms with Crippen LogP contribution in [0.15, 0.2) is 109 Å². The van der Waals surface area contributed by atoms with E-state index in [-0.39, 0.29) is 12.5 Å². The molecule has 0 aromatic carbocycles. The summed E-state index contributed by atoms with van der Waals surface area (Å²) in [5.74, 6) is -0.0773. The molecule has 80 heavy (non-hydrogen) atoms. The molecule has 462 valence electrons. The number of aliphatic hydroxyl groups excluding tert-OH is 2. The van der Waals surface area contributed by atoms with Gasteiger partial charge in [0.1, 0.15) is 0 Å². The lowest BCUT2D eigenvalue weighted by Crippen LogP contribution is -2.45. The number of hydrogen-bond acceptors (Lipinski definition) is 3. The average molecular weight is 1110 g/mol. The molecule has 0 aliphatic rings. The molecule has 4 nitrogen and oxygen atoms in total. The zero-order chi connectivity index (χ0) is 57.6. The number of rotatable bonds is 64. The van der Waals surface area contributed by atoms with Gasteiger partial charge in [0.05, 0.1) is 18.8 Å². The Morgan fingerprint density at radius 3 is 0.875 bits per heavy atom. The summed E-state index contributed by atoms with van der Waals surface area (Å²) in [6.07, 6.45) is 106. The fourth-order valence-corrected chi connectivity index (χ4v) is 10.5. The maximum atomic E-state index is 12.5. The Kier molecular flexibility index (Phi) is 67.7. The SMILES string of the molecule is CC/C=C\C/C=C\C/C=C\C/C=C\C/C=C\C/C=C\CCCCCCCCCCCCCCCCCCC(=O)NC(CO)C(O)/C=C/CC/C=C/CC/C=C/CCCCCCCCCCCCCCCCCCCCCCCCC. The molecule has 2 atom stereocenters. The van der Waals surface area contributed by atoms with E-state index in [1.165, 1.54) is 250 Å². The zero-order valence-electron chi connectivity index (χ0n) is 53.3. The van der Waals surface area contributed by atoms with Crippen molar-refractivity contribution in [3.8, 4) is 0 Å². The van der Waals surface area contributed by atoms with E-state index in [1.54, 1.807) is 6.08 Å². The molecule has 4 heteroatoms. The Morgan fingerprint density at radius 1 is 0.312 bits per heavy atom. The number of unbranched alkanes of at least 4 members (excludes halogenated alkanes) is 41. The minimum absolute atomic E-state index is 0.0773. The van der Waals surface area contributed by atoms with Crippen LogP contribution in [0.1, 0.15) is 348 Å². The van der Waals surface area contributed by atoms with Gasteiger partial charge in [-0.2, -0.15) is 0 Å². The van der Waals surface area contributed by atoms with E-state index in [4.69, 9.17) is 0 Å². The molecule has 0 aliphatic carbocycles. The molecule has 2 unspecified atom stereocenters. The lowest BCUT2D eigenvalue weighted by atomic mass is 10.0. The summed E-state index contributed by atoms with van der Waals surface area (Å²) in [7, 11) is 0. The Balaban J connectivity index is 3.53. The number of carbonyl (C=O) groups is 1. The molecule has 0 aliphatic heterocycles. The first-order valence-corrected chi connectivity index (χ1v) is 35.1. The summed E-state index contributed by atoms with van der Waals surface area (Å²) in [6.45, 7) is 4.21. The second-order valence-corrected chi connectivity index (χ2v) is 23.6. The van der Waals surface area contributed by atoms with Gasteiger partial charge in [-0.05, 0) is 96.3 Å². The van der Waals surface area contributed by atoms with Gasteiger partial charge >= 0.3 is 0 Å².